The van der Waals surface area contributed by atoms with E-state index >= 15 is 0 Å². The summed E-state index contributed by atoms with van der Waals surface area (Å²) in [6.45, 7) is 6.48. The van der Waals surface area contributed by atoms with Gasteiger partial charge in [-0.2, -0.15) is 0 Å². The van der Waals surface area contributed by atoms with E-state index in [0.717, 1.165) is 74.4 Å². The SMILES string of the molecule is Cl.O=C(O)c1ccc2[nH]cc(CCCCN3CCN(c4ccc5c(c4)OCCO5)CC3)c2c1. The van der Waals surface area contributed by atoms with Crippen molar-refractivity contribution >= 4 is 35.0 Å². The van der Waals surface area contributed by atoms with Crippen molar-refractivity contribution < 1.29 is 19.4 Å². The molecule has 0 atom stereocenters. The number of rotatable bonds is 7. The zero-order valence-electron chi connectivity index (χ0n) is 18.6. The zero-order chi connectivity index (χ0) is 21.9. The maximum Gasteiger partial charge on any atom is 0.335 e. The molecule has 3 heterocycles. The maximum absolute atomic E-state index is 11.3. The molecule has 2 aliphatic rings. The fourth-order valence-corrected chi connectivity index (χ4v) is 4.63. The number of nitrogens with zero attached hydrogens (tertiary/aromatic N) is 2. The predicted molar refractivity (Wildman–Crippen MR) is 132 cm³/mol. The van der Waals surface area contributed by atoms with E-state index in [0.29, 0.717) is 18.8 Å². The number of anilines is 1. The van der Waals surface area contributed by atoms with Crippen LogP contribution >= 0.6 is 12.4 Å². The lowest BCUT2D eigenvalue weighted by Gasteiger charge is -2.36. The Morgan fingerprint density at radius 3 is 2.55 bits per heavy atom. The fraction of sp³-hybridized carbons (Fsp3) is 0.400. The van der Waals surface area contributed by atoms with E-state index in [9.17, 15) is 9.90 Å². The van der Waals surface area contributed by atoms with Gasteiger partial charge in [-0.25, -0.2) is 4.79 Å². The summed E-state index contributed by atoms with van der Waals surface area (Å²) in [6.07, 6.45) is 5.20. The van der Waals surface area contributed by atoms with Gasteiger partial charge in [0.2, 0.25) is 0 Å². The quantitative estimate of drug-likeness (QED) is 0.503. The smallest absolute Gasteiger partial charge is 0.335 e. The van der Waals surface area contributed by atoms with Crippen molar-refractivity contribution in [3.8, 4) is 11.5 Å². The minimum atomic E-state index is -0.880. The molecule has 0 saturated carbocycles. The van der Waals surface area contributed by atoms with Crippen LogP contribution in [0.1, 0.15) is 28.8 Å². The number of piperazine rings is 1. The van der Waals surface area contributed by atoms with E-state index in [4.69, 9.17) is 9.47 Å². The van der Waals surface area contributed by atoms with Gasteiger partial charge in [-0.1, -0.05) is 0 Å². The van der Waals surface area contributed by atoms with Crippen LogP contribution < -0.4 is 14.4 Å². The van der Waals surface area contributed by atoms with Gasteiger partial charge in [-0.3, -0.25) is 4.90 Å². The van der Waals surface area contributed by atoms with Crippen LogP contribution in [0.15, 0.2) is 42.6 Å². The number of hydrogen-bond donors (Lipinski definition) is 2. The number of carboxylic acids is 1. The molecule has 0 spiro atoms. The lowest BCUT2D eigenvalue weighted by atomic mass is 10.0. The number of carbonyl (C=O) groups is 1. The van der Waals surface area contributed by atoms with Gasteiger partial charge in [-0.15, -0.1) is 12.4 Å². The van der Waals surface area contributed by atoms with Gasteiger partial charge in [0.15, 0.2) is 11.5 Å². The number of unbranched alkanes of at least 4 members (excludes halogenated alkanes) is 1. The first-order valence-electron chi connectivity index (χ1n) is 11.4. The number of nitrogens with one attached hydrogen (secondary N) is 1. The second-order valence-electron chi connectivity index (χ2n) is 8.49. The lowest BCUT2D eigenvalue weighted by Crippen LogP contribution is -2.46. The van der Waals surface area contributed by atoms with Crippen LogP contribution in [-0.4, -0.2) is 66.9 Å². The molecule has 1 saturated heterocycles. The van der Waals surface area contributed by atoms with Gasteiger partial charge < -0.3 is 24.5 Å². The number of H-pyrrole nitrogens is 1. The van der Waals surface area contributed by atoms with Gasteiger partial charge in [0, 0.05) is 55.0 Å². The first-order chi connectivity index (χ1) is 15.7. The number of aryl methyl sites for hydroxylation is 1. The number of benzene rings is 2. The van der Waals surface area contributed by atoms with Crippen LogP contribution in [0.2, 0.25) is 0 Å². The zero-order valence-corrected chi connectivity index (χ0v) is 19.4. The van der Waals surface area contributed by atoms with Crippen LogP contribution in [0.3, 0.4) is 0 Å². The average Bonchev–Trinajstić information content (AvgIpc) is 3.24. The number of aromatic nitrogens is 1. The monoisotopic (exact) mass is 471 g/mol. The molecule has 0 radical (unpaired) electrons. The molecule has 8 heteroatoms. The highest BCUT2D eigenvalue weighted by molar-refractivity contribution is 5.94. The molecule has 2 aliphatic heterocycles. The molecule has 0 bridgehead atoms. The predicted octanol–water partition coefficient (Wildman–Crippen LogP) is 4.20. The Hall–Kier alpha value is -2.90. The highest BCUT2D eigenvalue weighted by atomic mass is 35.5. The highest BCUT2D eigenvalue weighted by Gasteiger charge is 2.19. The van der Waals surface area contributed by atoms with Crippen LogP contribution in [-0.2, 0) is 6.42 Å². The third-order valence-corrected chi connectivity index (χ3v) is 6.45. The maximum atomic E-state index is 11.3. The topological polar surface area (TPSA) is 78.0 Å². The van der Waals surface area contributed by atoms with E-state index in [1.807, 2.05) is 18.3 Å². The summed E-state index contributed by atoms with van der Waals surface area (Å²) in [5, 5.41) is 10.3. The van der Waals surface area contributed by atoms with Crippen molar-refractivity contribution in [2.24, 2.45) is 0 Å². The number of aromatic carboxylic acids is 1. The second-order valence-corrected chi connectivity index (χ2v) is 8.49. The number of hydrogen-bond acceptors (Lipinski definition) is 5. The molecular weight excluding hydrogens is 442 g/mol. The molecule has 3 aromatic rings. The lowest BCUT2D eigenvalue weighted by molar-refractivity contribution is 0.0697. The van der Waals surface area contributed by atoms with E-state index in [2.05, 4.69) is 26.9 Å². The Morgan fingerprint density at radius 1 is 0.970 bits per heavy atom. The van der Waals surface area contributed by atoms with Gasteiger partial charge in [0.25, 0.3) is 0 Å². The van der Waals surface area contributed by atoms with Crippen molar-refractivity contribution in [2.45, 2.75) is 19.3 Å². The second kappa shape index (κ2) is 10.4. The first-order valence-corrected chi connectivity index (χ1v) is 11.4. The summed E-state index contributed by atoms with van der Waals surface area (Å²) in [4.78, 5) is 19.5. The molecule has 1 fully saturated rings. The molecule has 0 unspecified atom stereocenters. The van der Waals surface area contributed by atoms with Crippen molar-refractivity contribution in [2.75, 3.05) is 50.8 Å². The number of ether oxygens (including phenoxy) is 2. The van der Waals surface area contributed by atoms with Crippen molar-refractivity contribution in [1.82, 2.24) is 9.88 Å². The average molecular weight is 472 g/mol. The Balaban J connectivity index is 0.00000259. The summed E-state index contributed by atoms with van der Waals surface area (Å²) >= 11 is 0. The van der Waals surface area contributed by atoms with Gasteiger partial charge in [0.1, 0.15) is 13.2 Å². The molecule has 176 valence electrons. The van der Waals surface area contributed by atoms with Crippen molar-refractivity contribution in [3.63, 3.8) is 0 Å². The summed E-state index contributed by atoms with van der Waals surface area (Å²) in [5.41, 5.74) is 3.75. The van der Waals surface area contributed by atoms with E-state index in [-0.39, 0.29) is 12.4 Å². The standard InChI is InChI=1S/C25H29N3O4.ClH/c29-25(30)18-4-6-22-21(15-18)19(17-26-22)3-1-2-8-27-9-11-28(12-10-27)20-5-7-23-24(16-20)32-14-13-31-23;/h4-7,15-17,26H,1-3,8-14H2,(H,29,30);1H. The highest BCUT2D eigenvalue weighted by Crippen LogP contribution is 2.34. The van der Waals surface area contributed by atoms with Crippen molar-refractivity contribution in [1.29, 1.82) is 0 Å². The van der Waals surface area contributed by atoms with E-state index < -0.39 is 5.97 Å². The molecule has 33 heavy (non-hydrogen) atoms. The van der Waals surface area contributed by atoms with Crippen LogP contribution in [0.25, 0.3) is 10.9 Å². The Bertz CT molecular complexity index is 1110. The molecule has 7 nitrogen and oxygen atoms in total. The van der Waals surface area contributed by atoms with E-state index in [1.54, 1.807) is 12.1 Å². The normalized spacial score (nSPS) is 15.9. The van der Waals surface area contributed by atoms with Crippen molar-refractivity contribution in [3.05, 3.63) is 53.7 Å². The summed E-state index contributed by atoms with van der Waals surface area (Å²) in [5.74, 6) is 0.811. The Kier molecular flexibility index (Phi) is 7.30. The molecule has 0 amide bonds. The van der Waals surface area contributed by atoms with Crippen LogP contribution in [0.5, 0.6) is 11.5 Å². The fourth-order valence-electron chi connectivity index (χ4n) is 4.63. The van der Waals surface area contributed by atoms with Gasteiger partial charge in [0.05, 0.1) is 5.56 Å². The van der Waals surface area contributed by atoms with E-state index in [1.165, 1.54) is 11.3 Å². The molecule has 0 aliphatic carbocycles. The summed E-state index contributed by atoms with van der Waals surface area (Å²) in [7, 11) is 0. The minimum absolute atomic E-state index is 0. The Labute approximate surface area is 199 Å². The van der Waals surface area contributed by atoms with Crippen LogP contribution in [0.4, 0.5) is 5.69 Å². The third-order valence-electron chi connectivity index (χ3n) is 6.45. The number of carboxylic acid groups (broad SMARTS) is 1. The summed E-state index contributed by atoms with van der Waals surface area (Å²) in [6, 6.07) is 11.5. The van der Waals surface area contributed by atoms with Crippen LogP contribution in [0, 0.1) is 0 Å². The first kappa shape index (κ1) is 23.3. The number of halogens is 1. The minimum Gasteiger partial charge on any atom is -0.486 e. The van der Waals surface area contributed by atoms with Gasteiger partial charge >= 0.3 is 5.97 Å². The van der Waals surface area contributed by atoms with Gasteiger partial charge in [-0.05, 0) is 61.7 Å². The molecule has 2 aromatic carbocycles. The summed E-state index contributed by atoms with van der Waals surface area (Å²) < 4.78 is 11.3. The molecule has 5 rings (SSSR count). The molecule has 2 N–H and O–H groups in total. The largest absolute Gasteiger partial charge is 0.486 e. The Morgan fingerprint density at radius 2 is 1.76 bits per heavy atom. The number of fused-ring (bicyclic) bond motifs is 2. The molecular formula is C25H30ClN3O4. The molecule has 1 aromatic heterocycles. The third kappa shape index (κ3) is 5.20. The number of aromatic amines is 1.